The molecular weight excluding hydrogens is 166 g/mol. The van der Waals surface area contributed by atoms with Crippen LogP contribution in [0.5, 0.6) is 0 Å². The molecule has 1 rings (SSSR count). The summed E-state index contributed by atoms with van der Waals surface area (Å²) in [5, 5.41) is 8.97. The van der Waals surface area contributed by atoms with Gasteiger partial charge in [0.1, 0.15) is 6.29 Å². The summed E-state index contributed by atoms with van der Waals surface area (Å²) >= 11 is 5.83. The van der Waals surface area contributed by atoms with Crippen molar-refractivity contribution < 1.29 is 9.90 Å². The summed E-state index contributed by atoms with van der Waals surface area (Å²) in [7, 11) is 0. The fraction of sp³-hybridized carbons (Fsp3) is 0.857. The van der Waals surface area contributed by atoms with Crippen molar-refractivity contribution in [1.82, 2.24) is 4.42 Å². The highest BCUT2D eigenvalue weighted by Gasteiger charge is 2.41. The number of hydrogen-bond acceptors (Lipinski definition) is 3. The molecule has 4 heteroatoms. The van der Waals surface area contributed by atoms with Gasteiger partial charge in [0.05, 0.1) is 18.2 Å². The Morgan fingerprint density at radius 1 is 1.91 bits per heavy atom. The Bertz CT molecular complexity index is 165. The number of hydrogen-bond donors (Lipinski definition) is 1. The van der Waals surface area contributed by atoms with E-state index >= 15 is 0 Å². The van der Waals surface area contributed by atoms with Gasteiger partial charge < -0.3 is 9.90 Å². The first-order valence-electron chi connectivity index (χ1n) is 3.65. The van der Waals surface area contributed by atoms with Crippen LogP contribution >= 0.6 is 11.8 Å². The third kappa shape index (κ3) is 1.41. The van der Waals surface area contributed by atoms with E-state index in [1.165, 1.54) is 4.42 Å². The number of halogens is 1. The third-order valence-electron chi connectivity index (χ3n) is 2.28. The molecule has 1 N–H and O–H groups in total. The molecule has 0 saturated carbocycles. The minimum Gasteiger partial charge on any atom is -0.394 e. The van der Waals surface area contributed by atoms with Crippen molar-refractivity contribution in [2.75, 3.05) is 6.61 Å². The van der Waals surface area contributed by atoms with Gasteiger partial charge in [-0.05, 0) is 31.5 Å². The van der Waals surface area contributed by atoms with Crippen LogP contribution < -0.4 is 0 Å². The second-order valence-corrected chi connectivity index (χ2v) is 3.57. The van der Waals surface area contributed by atoms with Gasteiger partial charge in [0.25, 0.3) is 0 Å². The second kappa shape index (κ2) is 3.09. The first kappa shape index (κ1) is 8.97. The molecule has 1 heterocycles. The van der Waals surface area contributed by atoms with Crippen molar-refractivity contribution >= 4 is 18.1 Å². The van der Waals surface area contributed by atoms with Gasteiger partial charge in [-0.1, -0.05) is 0 Å². The van der Waals surface area contributed by atoms with E-state index in [0.717, 1.165) is 19.1 Å². The lowest BCUT2D eigenvalue weighted by atomic mass is 10.0. The number of carbonyl (C=O) groups excluding carboxylic acids is 1. The summed E-state index contributed by atoms with van der Waals surface area (Å²) < 4.78 is 1.43. The first-order valence-corrected chi connectivity index (χ1v) is 3.99. The lowest BCUT2D eigenvalue weighted by molar-refractivity contribution is -0.111. The van der Waals surface area contributed by atoms with E-state index in [1.54, 1.807) is 0 Å². The van der Waals surface area contributed by atoms with E-state index in [9.17, 15) is 4.79 Å². The molecule has 0 aromatic rings. The Kier molecular flexibility index (Phi) is 2.52. The molecule has 2 atom stereocenters. The molecule has 1 fully saturated rings. The molecule has 11 heavy (non-hydrogen) atoms. The van der Waals surface area contributed by atoms with E-state index in [0.29, 0.717) is 0 Å². The van der Waals surface area contributed by atoms with E-state index in [2.05, 4.69) is 0 Å². The molecule has 1 aliphatic heterocycles. The van der Waals surface area contributed by atoms with E-state index in [4.69, 9.17) is 16.9 Å². The molecule has 0 aromatic heterocycles. The maximum absolute atomic E-state index is 10.4. The predicted molar refractivity (Wildman–Crippen MR) is 42.3 cm³/mol. The molecule has 1 saturated heterocycles. The molecule has 0 spiro atoms. The minimum atomic E-state index is -0.410. The van der Waals surface area contributed by atoms with Crippen LogP contribution in [0.2, 0.25) is 0 Å². The van der Waals surface area contributed by atoms with Gasteiger partial charge in [-0.15, -0.1) is 0 Å². The van der Waals surface area contributed by atoms with Crippen LogP contribution in [-0.2, 0) is 4.79 Å². The number of carbonyl (C=O) groups is 1. The average molecular weight is 178 g/mol. The average Bonchev–Trinajstić information content (AvgIpc) is 2.31. The largest absolute Gasteiger partial charge is 0.394 e. The van der Waals surface area contributed by atoms with E-state index in [1.807, 2.05) is 6.92 Å². The van der Waals surface area contributed by atoms with Crippen molar-refractivity contribution in [1.29, 1.82) is 0 Å². The third-order valence-corrected chi connectivity index (χ3v) is 2.94. The number of aliphatic hydroxyl groups excluding tert-OH is 1. The van der Waals surface area contributed by atoms with Crippen LogP contribution in [0.1, 0.15) is 19.8 Å². The van der Waals surface area contributed by atoms with Gasteiger partial charge in [-0.2, -0.15) is 0 Å². The van der Waals surface area contributed by atoms with Gasteiger partial charge in [-0.3, -0.25) is 0 Å². The monoisotopic (exact) mass is 177 g/mol. The number of aldehydes is 1. The fourth-order valence-electron chi connectivity index (χ4n) is 1.35. The Hall–Kier alpha value is -0.120. The fourth-order valence-corrected chi connectivity index (χ4v) is 1.63. The predicted octanol–water partition coefficient (Wildman–Crippen LogP) is 0.554. The van der Waals surface area contributed by atoms with Gasteiger partial charge >= 0.3 is 0 Å². The Morgan fingerprint density at radius 3 is 2.82 bits per heavy atom. The normalized spacial score (nSPS) is 39.4. The zero-order chi connectivity index (χ0) is 8.48. The first-order chi connectivity index (χ1) is 5.14. The summed E-state index contributed by atoms with van der Waals surface area (Å²) in [5.41, 5.74) is -0.410. The van der Waals surface area contributed by atoms with E-state index in [-0.39, 0.29) is 12.6 Å². The molecule has 2 unspecified atom stereocenters. The summed E-state index contributed by atoms with van der Waals surface area (Å²) in [6.07, 6.45) is 2.34. The number of aliphatic hydroxyl groups is 1. The highest BCUT2D eigenvalue weighted by atomic mass is 35.5. The Labute approximate surface area is 71.1 Å². The number of rotatable bonds is 2. The maximum atomic E-state index is 10.4. The summed E-state index contributed by atoms with van der Waals surface area (Å²) in [4.78, 5) is 10.4. The van der Waals surface area contributed by atoms with Gasteiger partial charge in [0.15, 0.2) is 0 Å². The topological polar surface area (TPSA) is 40.5 Å². The quantitative estimate of drug-likeness (QED) is 0.495. The van der Waals surface area contributed by atoms with Crippen molar-refractivity contribution in [3.63, 3.8) is 0 Å². The van der Waals surface area contributed by atoms with Gasteiger partial charge in [-0.25, -0.2) is 4.42 Å². The van der Waals surface area contributed by atoms with Crippen LogP contribution in [0, 0.1) is 0 Å². The molecule has 1 aliphatic rings. The lowest BCUT2D eigenvalue weighted by Crippen LogP contribution is -2.41. The van der Waals surface area contributed by atoms with Crippen molar-refractivity contribution in [2.45, 2.75) is 31.3 Å². The van der Waals surface area contributed by atoms with Crippen LogP contribution in [0.25, 0.3) is 0 Å². The maximum Gasteiger partial charge on any atom is 0.138 e. The Morgan fingerprint density at radius 2 is 2.55 bits per heavy atom. The number of nitrogens with zero attached hydrogens (tertiary/aromatic N) is 1. The highest BCUT2D eigenvalue weighted by Crippen LogP contribution is 2.34. The van der Waals surface area contributed by atoms with Gasteiger partial charge in [0.2, 0.25) is 0 Å². The summed E-state index contributed by atoms with van der Waals surface area (Å²) in [6, 6.07) is -0.228. The molecule has 64 valence electrons. The molecule has 0 aliphatic carbocycles. The lowest BCUT2D eigenvalue weighted by Gasteiger charge is -2.28. The summed E-state index contributed by atoms with van der Waals surface area (Å²) in [5.74, 6) is 0. The zero-order valence-electron chi connectivity index (χ0n) is 6.46. The van der Waals surface area contributed by atoms with Crippen molar-refractivity contribution in [3.05, 3.63) is 0 Å². The second-order valence-electron chi connectivity index (χ2n) is 3.21. The van der Waals surface area contributed by atoms with Crippen LogP contribution in [0.3, 0.4) is 0 Å². The van der Waals surface area contributed by atoms with Crippen LogP contribution in [0.15, 0.2) is 0 Å². The van der Waals surface area contributed by atoms with Crippen molar-refractivity contribution in [2.24, 2.45) is 0 Å². The molecular formula is C7H12ClNO2. The zero-order valence-corrected chi connectivity index (χ0v) is 7.21. The molecule has 0 radical (unpaired) electrons. The Balaban J connectivity index is 2.68. The highest BCUT2D eigenvalue weighted by molar-refractivity contribution is 6.15. The van der Waals surface area contributed by atoms with Gasteiger partial charge in [0, 0.05) is 0 Å². The minimum absolute atomic E-state index is 0.000833. The van der Waals surface area contributed by atoms with Crippen LogP contribution in [-0.4, -0.2) is 34.0 Å². The molecule has 0 amide bonds. The smallest absolute Gasteiger partial charge is 0.138 e. The van der Waals surface area contributed by atoms with E-state index < -0.39 is 5.54 Å². The molecule has 0 bridgehead atoms. The standard InChI is InChI=1S/C7H12ClNO2/c1-7(5-11)3-2-6(4-10)9(7)8/h4,6,11H,2-3,5H2,1H3. The van der Waals surface area contributed by atoms with Crippen molar-refractivity contribution in [3.8, 4) is 0 Å². The SMILES string of the molecule is CC1(CO)CCC(C=O)N1Cl. The summed E-state index contributed by atoms with van der Waals surface area (Å²) in [6.45, 7) is 1.85. The molecule has 3 nitrogen and oxygen atoms in total. The molecule has 0 aromatic carbocycles. The van der Waals surface area contributed by atoms with Crippen LogP contribution in [0.4, 0.5) is 0 Å².